The Morgan fingerprint density at radius 1 is 1.38 bits per heavy atom. The Balaban J connectivity index is 1.84. The topological polar surface area (TPSA) is 50.4 Å². The average molecular weight is 290 g/mol. The second kappa shape index (κ2) is 6.94. The molecule has 1 aliphatic carbocycles. The minimum Gasteiger partial charge on any atom is -0.497 e. The molecule has 1 saturated carbocycles. The van der Waals surface area contributed by atoms with Gasteiger partial charge < -0.3 is 15.4 Å². The molecule has 2 N–H and O–H groups in total. The van der Waals surface area contributed by atoms with Crippen molar-refractivity contribution in [2.24, 2.45) is 5.41 Å². The number of nitrogens with one attached hydrogen (secondary N) is 2. The third-order valence-corrected chi connectivity index (χ3v) is 4.37. The molecule has 0 saturated heterocycles. The molecule has 0 heterocycles. The highest BCUT2D eigenvalue weighted by Gasteiger charge is 2.31. The van der Waals surface area contributed by atoms with E-state index >= 15 is 0 Å². The number of rotatable bonds is 5. The quantitative estimate of drug-likeness (QED) is 0.875. The summed E-state index contributed by atoms with van der Waals surface area (Å²) in [4.78, 5) is 12.1. The van der Waals surface area contributed by atoms with Crippen molar-refractivity contribution in [3.8, 4) is 5.75 Å². The van der Waals surface area contributed by atoms with Crippen LogP contribution in [0.2, 0.25) is 0 Å². The van der Waals surface area contributed by atoms with Crippen molar-refractivity contribution in [3.63, 3.8) is 0 Å². The second-order valence-corrected chi connectivity index (χ2v) is 6.45. The fraction of sp³-hybridized carbons (Fsp3) is 0.588. The van der Waals surface area contributed by atoms with Crippen LogP contribution < -0.4 is 15.4 Å². The van der Waals surface area contributed by atoms with Crippen LogP contribution in [0.15, 0.2) is 24.3 Å². The van der Waals surface area contributed by atoms with Gasteiger partial charge in [-0.1, -0.05) is 32.8 Å². The van der Waals surface area contributed by atoms with Gasteiger partial charge in [0, 0.05) is 17.8 Å². The molecule has 0 radical (unpaired) electrons. The Kier molecular flexibility index (Phi) is 5.23. The minimum atomic E-state index is -0.00961. The van der Waals surface area contributed by atoms with Gasteiger partial charge in [0.1, 0.15) is 5.75 Å². The van der Waals surface area contributed by atoms with E-state index in [9.17, 15) is 4.79 Å². The molecule has 1 amide bonds. The van der Waals surface area contributed by atoms with Crippen molar-refractivity contribution in [2.45, 2.75) is 45.6 Å². The Morgan fingerprint density at radius 3 is 2.90 bits per heavy atom. The molecule has 0 bridgehead atoms. The van der Waals surface area contributed by atoms with E-state index in [0.29, 0.717) is 12.6 Å². The van der Waals surface area contributed by atoms with E-state index in [1.165, 1.54) is 19.3 Å². The normalized spacial score (nSPS) is 20.8. The lowest BCUT2D eigenvalue weighted by molar-refractivity contribution is -0.115. The van der Waals surface area contributed by atoms with Gasteiger partial charge in [0.25, 0.3) is 0 Å². The van der Waals surface area contributed by atoms with Crippen molar-refractivity contribution in [1.82, 2.24) is 5.32 Å². The molecule has 0 aromatic heterocycles. The molecule has 1 aromatic carbocycles. The van der Waals surface area contributed by atoms with Gasteiger partial charge in [-0.15, -0.1) is 0 Å². The summed E-state index contributed by atoms with van der Waals surface area (Å²) in [5, 5.41) is 6.32. The van der Waals surface area contributed by atoms with Gasteiger partial charge in [-0.05, 0) is 30.4 Å². The average Bonchev–Trinajstić information content (AvgIpc) is 2.46. The summed E-state index contributed by atoms with van der Waals surface area (Å²) in [5.74, 6) is 0.735. The molecule has 2 rings (SSSR count). The molecule has 1 unspecified atom stereocenters. The zero-order valence-corrected chi connectivity index (χ0v) is 13.2. The predicted octanol–water partition coefficient (Wildman–Crippen LogP) is 3.19. The van der Waals surface area contributed by atoms with Crippen LogP contribution in [0.5, 0.6) is 5.75 Å². The lowest BCUT2D eigenvalue weighted by Gasteiger charge is -2.39. The Morgan fingerprint density at radius 2 is 2.19 bits per heavy atom. The second-order valence-electron chi connectivity index (χ2n) is 6.45. The summed E-state index contributed by atoms with van der Waals surface area (Å²) in [6, 6.07) is 7.83. The first kappa shape index (κ1) is 15.8. The molecular formula is C17H26N2O2. The van der Waals surface area contributed by atoms with Crippen molar-refractivity contribution in [2.75, 3.05) is 19.0 Å². The Hall–Kier alpha value is -1.55. The van der Waals surface area contributed by atoms with E-state index < -0.39 is 0 Å². The van der Waals surface area contributed by atoms with E-state index in [0.717, 1.165) is 17.9 Å². The van der Waals surface area contributed by atoms with E-state index in [4.69, 9.17) is 4.74 Å². The number of hydrogen-bond donors (Lipinski definition) is 2. The van der Waals surface area contributed by atoms with E-state index in [-0.39, 0.29) is 11.3 Å². The maximum absolute atomic E-state index is 12.1. The zero-order valence-electron chi connectivity index (χ0n) is 13.2. The van der Waals surface area contributed by atoms with Crippen molar-refractivity contribution in [3.05, 3.63) is 24.3 Å². The molecule has 1 atom stereocenters. The van der Waals surface area contributed by atoms with Gasteiger partial charge >= 0.3 is 0 Å². The molecule has 1 aliphatic rings. The van der Waals surface area contributed by atoms with Crippen LogP contribution in [0.25, 0.3) is 0 Å². The number of anilines is 1. The van der Waals surface area contributed by atoms with Gasteiger partial charge in [0.2, 0.25) is 5.91 Å². The molecule has 0 spiro atoms. The number of hydrogen-bond acceptors (Lipinski definition) is 3. The van der Waals surface area contributed by atoms with E-state index in [2.05, 4.69) is 24.5 Å². The maximum Gasteiger partial charge on any atom is 0.238 e. The first-order chi connectivity index (χ1) is 10.0. The van der Waals surface area contributed by atoms with Crippen LogP contribution in [0.3, 0.4) is 0 Å². The number of carbonyl (C=O) groups is 1. The van der Waals surface area contributed by atoms with Gasteiger partial charge in [-0.25, -0.2) is 0 Å². The number of ether oxygens (including phenoxy) is 1. The molecule has 4 nitrogen and oxygen atoms in total. The van der Waals surface area contributed by atoms with E-state index in [1.807, 2.05) is 24.3 Å². The molecular weight excluding hydrogens is 264 g/mol. The predicted molar refractivity (Wildman–Crippen MR) is 85.7 cm³/mol. The maximum atomic E-state index is 12.1. The largest absolute Gasteiger partial charge is 0.497 e. The number of methoxy groups -OCH3 is 1. The molecule has 0 aliphatic heterocycles. The summed E-state index contributed by atoms with van der Waals surface area (Å²) >= 11 is 0. The molecule has 1 fully saturated rings. The number of amides is 1. The van der Waals surface area contributed by atoms with Gasteiger partial charge in [-0.2, -0.15) is 0 Å². The van der Waals surface area contributed by atoms with Gasteiger partial charge in [-0.3, -0.25) is 4.79 Å². The van der Waals surface area contributed by atoms with Crippen LogP contribution in [0.4, 0.5) is 5.69 Å². The van der Waals surface area contributed by atoms with E-state index in [1.54, 1.807) is 7.11 Å². The fourth-order valence-electron chi connectivity index (χ4n) is 2.99. The third kappa shape index (κ3) is 4.46. The number of carbonyl (C=O) groups excluding carboxylic acids is 1. The minimum absolute atomic E-state index is 0.00961. The third-order valence-electron chi connectivity index (χ3n) is 4.37. The monoisotopic (exact) mass is 290 g/mol. The van der Waals surface area contributed by atoms with Crippen LogP contribution in [-0.2, 0) is 4.79 Å². The zero-order chi connectivity index (χ0) is 15.3. The number of benzene rings is 1. The Labute approximate surface area is 127 Å². The molecule has 1 aromatic rings. The van der Waals surface area contributed by atoms with Gasteiger partial charge in [0.05, 0.1) is 13.7 Å². The Bertz CT molecular complexity index is 485. The molecule has 4 heteroatoms. The van der Waals surface area contributed by atoms with Crippen LogP contribution in [0, 0.1) is 5.41 Å². The van der Waals surface area contributed by atoms with Crippen molar-refractivity contribution >= 4 is 11.6 Å². The first-order valence-corrected chi connectivity index (χ1v) is 7.68. The lowest BCUT2D eigenvalue weighted by atomic mass is 9.73. The summed E-state index contributed by atoms with van der Waals surface area (Å²) in [7, 11) is 1.62. The summed E-state index contributed by atoms with van der Waals surface area (Å²) in [5.41, 5.74) is 1.04. The van der Waals surface area contributed by atoms with Crippen molar-refractivity contribution < 1.29 is 9.53 Å². The highest BCUT2D eigenvalue weighted by molar-refractivity contribution is 5.92. The van der Waals surface area contributed by atoms with Crippen molar-refractivity contribution in [1.29, 1.82) is 0 Å². The summed E-state index contributed by atoms with van der Waals surface area (Å²) in [6.07, 6.45) is 4.92. The highest BCUT2D eigenvalue weighted by Crippen LogP contribution is 2.35. The lowest BCUT2D eigenvalue weighted by Crippen LogP contribution is -2.46. The SMILES string of the molecule is COc1cccc(NC(=O)CNC2CCCCC2(C)C)c1. The smallest absolute Gasteiger partial charge is 0.238 e. The van der Waals surface area contributed by atoms with Crippen LogP contribution >= 0.6 is 0 Å². The first-order valence-electron chi connectivity index (χ1n) is 7.68. The van der Waals surface area contributed by atoms with Crippen LogP contribution in [-0.4, -0.2) is 25.6 Å². The molecule has 116 valence electrons. The highest BCUT2D eigenvalue weighted by atomic mass is 16.5. The molecule has 21 heavy (non-hydrogen) atoms. The summed E-state index contributed by atoms with van der Waals surface area (Å²) in [6.45, 7) is 4.92. The summed E-state index contributed by atoms with van der Waals surface area (Å²) < 4.78 is 5.15. The van der Waals surface area contributed by atoms with Gasteiger partial charge in [0.15, 0.2) is 0 Å². The van der Waals surface area contributed by atoms with Crippen LogP contribution in [0.1, 0.15) is 39.5 Å². The standard InChI is InChI=1S/C17H26N2O2/c1-17(2)10-5-4-9-15(17)18-12-16(20)19-13-7-6-8-14(11-13)21-3/h6-8,11,15,18H,4-5,9-10,12H2,1-3H3,(H,19,20). The fourth-order valence-corrected chi connectivity index (χ4v) is 2.99.